The normalized spacial score (nSPS) is 11.8. The van der Waals surface area contributed by atoms with Crippen molar-refractivity contribution in [3.8, 4) is 5.75 Å². The number of benzene rings is 1. The quantitative estimate of drug-likeness (QED) is 0.884. The van der Waals surface area contributed by atoms with Crippen molar-refractivity contribution in [2.45, 2.75) is 26.4 Å². The Morgan fingerprint density at radius 1 is 1.35 bits per heavy atom. The molecule has 0 atom stereocenters. The number of hydrogen-bond acceptors (Lipinski definition) is 5. The zero-order chi connectivity index (χ0) is 15.6. The van der Waals surface area contributed by atoms with Crippen LogP contribution in [0.4, 0.5) is 14.9 Å². The van der Waals surface area contributed by atoms with Gasteiger partial charge in [-0.1, -0.05) is 0 Å². The molecule has 0 spiro atoms. The molecule has 112 valence electrons. The van der Waals surface area contributed by atoms with Crippen LogP contribution in [0.1, 0.15) is 20.8 Å². The first kappa shape index (κ1) is 16.2. The monoisotopic (exact) mass is 306 g/mol. The summed E-state index contributed by atoms with van der Waals surface area (Å²) in [6.07, 6.45) is -0.844. The highest BCUT2D eigenvalue weighted by Crippen LogP contribution is 2.26. The molecule has 9 heteroatoms. The van der Waals surface area contributed by atoms with Gasteiger partial charge in [0.2, 0.25) is 0 Å². The fourth-order valence-corrected chi connectivity index (χ4v) is 1.60. The molecule has 0 bridgehead atoms. The van der Waals surface area contributed by atoms with Crippen molar-refractivity contribution in [2.75, 3.05) is 5.32 Å². The molecular formula is C11H15FN2O5S. The van der Waals surface area contributed by atoms with Crippen LogP contribution in [-0.4, -0.2) is 20.1 Å². The van der Waals surface area contributed by atoms with Gasteiger partial charge in [0.15, 0.2) is 5.75 Å². The van der Waals surface area contributed by atoms with E-state index in [1.54, 1.807) is 20.8 Å². The minimum Gasteiger partial charge on any atom is -0.444 e. The molecule has 20 heavy (non-hydrogen) atoms. The highest BCUT2D eigenvalue weighted by atomic mass is 32.2. The van der Waals surface area contributed by atoms with Crippen molar-refractivity contribution in [3.05, 3.63) is 24.0 Å². The van der Waals surface area contributed by atoms with Gasteiger partial charge in [0.1, 0.15) is 11.4 Å². The predicted octanol–water partition coefficient (Wildman–Crippen LogP) is 1.75. The van der Waals surface area contributed by atoms with Gasteiger partial charge in [0.25, 0.3) is 0 Å². The van der Waals surface area contributed by atoms with Crippen molar-refractivity contribution in [3.63, 3.8) is 0 Å². The molecule has 0 aromatic heterocycles. The van der Waals surface area contributed by atoms with E-state index < -0.39 is 33.6 Å². The van der Waals surface area contributed by atoms with Crippen LogP contribution in [0.25, 0.3) is 0 Å². The van der Waals surface area contributed by atoms with Gasteiger partial charge in [0.05, 0.1) is 5.69 Å². The molecule has 0 fully saturated rings. The maximum Gasteiger partial charge on any atom is 0.412 e. The summed E-state index contributed by atoms with van der Waals surface area (Å²) in [6, 6.07) is 2.92. The first-order chi connectivity index (χ1) is 8.96. The van der Waals surface area contributed by atoms with Crippen LogP contribution in [0.5, 0.6) is 5.75 Å². The fourth-order valence-electron chi connectivity index (χ4n) is 1.21. The SMILES string of the molecule is CC(C)(C)OC(=O)Nc1ccc(F)cc1OS(N)(=O)=O. The van der Waals surface area contributed by atoms with Gasteiger partial charge in [-0.15, -0.1) is 0 Å². The number of nitrogens with one attached hydrogen (secondary N) is 1. The van der Waals surface area contributed by atoms with Crippen LogP contribution in [0.15, 0.2) is 18.2 Å². The number of ether oxygens (including phenoxy) is 1. The van der Waals surface area contributed by atoms with E-state index in [9.17, 15) is 17.6 Å². The van der Waals surface area contributed by atoms with Crippen LogP contribution in [0.2, 0.25) is 0 Å². The Kier molecular flexibility index (Phi) is 4.56. The molecule has 0 saturated heterocycles. The topological polar surface area (TPSA) is 108 Å². The van der Waals surface area contributed by atoms with E-state index in [1.165, 1.54) is 0 Å². The molecule has 1 amide bonds. The van der Waals surface area contributed by atoms with Gasteiger partial charge in [-0.25, -0.2) is 9.18 Å². The second-order valence-corrected chi connectivity index (χ2v) is 6.00. The van der Waals surface area contributed by atoms with Gasteiger partial charge >= 0.3 is 16.4 Å². The van der Waals surface area contributed by atoms with Crippen molar-refractivity contribution in [1.82, 2.24) is 0 Å². The minimum atomic E-state index is -4.35. The Labute approximate surface area is 116 Å². The Bertz CT molecular complexity index is 610. The number of nitrogens with two attached hydrogens (primary N) is 1. The van der Waals surface area contributed by atoms with Crippen molar-refractivity contribution < 1.29 is 26.5 Å². The molecule has 1 aromatic rings. The molecule has 0 saturated carbocycles. The molecule has 0 heterocycles. The molecule has 1 rings (SSSR count). The molecule has 0 aliphatic heterocycles. The van der Waals surface area contributed by atoms with Crippen molar-refractivity contribution in [2.24, 2.45) is 5.14 Å². The lowest BCUT2D eigenvalue weighted by molar-refractivity contribution is 0.0635. The van der Waals surface area contributed by atoms with Crippen LogP contribution < -0.4 is 14.6 Å². The molecular weight excluding hydrogens is 291 g/mol. The summed E-state index contributed by atoms with van der Waals surface area (Å²) in [5.74, 6) is -1.20. The lowest BCUT2D eigenvalue weighted by atomic mass is 10.2. The number of hydrogen-bond donors (Lipinski definition) is 2. The molecule has 1 aromatic carbocycles. The molecule has 0 unspecified atom stereocenters. The third-order valence-corrected chi connectivity index (χ3v) is 2.20. The van der Waals surface area contributed by atoms with Gasteiger partial charge in [-0.2, -0.15) is 13.6 Å². The van der Waals surface area contributed by atoms with Gasteiger partial charge < -0.3 is 8.92 Å². The van der Waals surface area contributed by atoms with Gasteiger partial charge in [0, 0.05) is 6.07 Å². The Morgan fingerprint density at radius 2 is 1.95 bits per heavy atom. The fraction of sp³-hybridized carbons (Fsp3) is 0.364. The van der Waals surface area contributed by atoms with Crippen LogP contribution in [0.3, 0.4) is 0 Å². The largest absolute Gasteiger partial charge is 0.444 e. The Morgan fingerprint density at radius 3 is 2.45 bits per heavy atom. The average molecular weight is 306 g/mol. The molecule has 7 nitrogen and oxygen atoms in total. The molecule has 0 aliphatic rings. The summed E-state index contributed by atoms with van der Waals surface area (Å²) in [6.45, 7) is 4.96. The van der Waals surface area contributed by atoms with Crippen LogP contribution >= 0.6 is 0 Å². The number of rotatable bonds is 3. The van der Waals surface area contributed by atoms with E-state index in [0.29, 0.717) is 0 Å². The van der Waals surface area contributed by atoms with Gasteiger partial charge in [-0.3, -0.25) is 5.32 Å². The average Bonchev–Trinajstić information content (AvgIpc) is 2.17. The van der Waals surface area contributed by atoms with E-state index in [4.69, 9.17) is 9.88 Å². The summed E-state index contributed by atoms with van der Waals surface area (Å²) in [5.41, 5.74) is -0.833. The summed E-state index contributed by atoms with van der Waals surface area (Å²) in [4.78, 5) is 11.6. The third kappa shape index (κ3) is 5.85. The zero-order valence-corrected chi connectivity index (χ0v) is 12.0. The lowest BCUT2D eigenvalue weighted by Crippen LogP contribution is -2.27. The Hall–Kier alpha value is -1.87. The first-order valence-electron chi connectivity index (χ1n) is 5.48. The van der Waals surface area contributed by atoms with E-state index in [-0.39, 0.29) is 5.69 Å². The van der Waals surface area contributed by atoms with Gasteiger partial charge in [-0.05, 0) is 32.9 Å². The summed E-state index contributed by atoms with van der Waals surface area (Å²) in [7, 11) is -4.35. The minimum absolute atomic E-state index is 0.0883. The second-order valence-electron chi connectivity index (χ2n) is 4.84. The predicted molar refractivity (Wildman–Crippen MR) is 70.0 cm³/mol. The maximum absolute atomic E-state index is 13.1. The smallest absolute Gasteiger partial charge is 0.412 e. The number of anilines is 1. The zero-order valence-electron chi connectivity index (χ0n) is 11.1. The highest BCUT2D eigenvalue weighted by Gasteiger charge is 2.19. The van der Waals surface area contributed by atoms with E-state index in [0.717, 1.165) is 18.2 Å². The number of halogens is 1. The molecule has 0 radical (unpaired) electrons. The third-order valence-electron chi connectivity index (χ3n) is 1.79. The van der Waals surface area contributed by atoms with E-state index in [1.807, 2.05) is 0 Å². The summed E-state index contributed by atoms with van der Waals surface area (Å²) < 4.78 is 44.2. The summed E-state index contributed by atoms with van der Waals surface area (Å²) in [5, 5.41) is 6.95. The molecule has 3 N–H and O–H groups in total. The Balaban J connectivity index is 2.98. The van der Waals surface area contributed by atoms with Crippen LogP contribution in [-0.2, 0) is 15.0 Å². The second kappa shape index (κ2) is 5.63. The highest BCUT2D eigenvalue weighted by molar-refractivity contribution is 7.84. The maximum atomic E-state index is 13.1. The van der Waals surface area contributed by atoms with E-state index >= 15 is 0 Å². The van der Waals surface area contributed by atoms with Crippen LogP contribution in [0, 0.1) is 5.82 Å². The number of carbonyl (C=O) groups is 1. The number of amides is 1. The lowest BCUT2D eigenvalue weighted by Gasteiger charge is -2.20. The number of carbonyl (C=O) groups excluding carboxylic acids is 1. The van der Waals surface area contributed by atoms with Crippen molar-refractivity contribution >= 4 is 22.1 Å². The first-order valence-corrected chi connectivity index (χ1v) is 6.95. The summed E-state index contributed by atoms with van der Waals surface area (Å²) >= 11 is 0. The van der Waals surface area contributed by atoms with Crippen molar-refractivity contribution in [1.29, 1.82) is 0 Å². The standard InChI is InChI=1S/C11H15FN2O5S/c1-11(2,3)18-10(15)14-8-5-4-7(12)6-9(8)19-20(13,16)17/h4-6H,1-3H3,(H,14,15)(H2,13,16,17). The van der Waals surface area contributed by atoms with E-state index in [2.05, 4.69) is 9.50 Å². The molecule has 0 aliphatic carbocycles.